The van der Waals surface area contributed by atoms with Gasteiger partial charge in [-0.3, -0.25) is 0 Å². The lowest BCUT2D eigenvalue weighted by Crippen LogP contribution is -2.05. The van der Waals surface area contributed by atoms with Crippen molar-refractivity contribution in [3.8, 4) is 11.4 Å². The number of aromatic nitrogens is 2. The molecule has 1 aliphatic carbocycles. The van der Waals surface area contributed by atoms with Crippen molar-refractivity contribution in [1.82, 2.24) is 9.97 Å². The van der Waals surface area contributed by atoms with Crippen LogP contribution in [0.5, 0.6) is 0 Å². The molecule has 1 aromatic heterocycles. The van der Waals surface area contributed by atoms with Crippen molar-refractivity contribution in [2.45, 2.75) is 31.6 Å². The second-order valence-corrected chi connectivity index (χ2v) is 5.77. The third kappa shape index (κ3) is 2.50. The Labute approximate surface area is 121 Å². The summed E-state index contributed by atoms with van der Waals surface area (Å²) in [6.07, 6.45) is 4.95. The molecule has 0 bridgehead atoms. The minimum absolute atomic E-state index is 0.516. The summed E-state index contributed by atoms with van der Waals surface area (Å²) < 4.78 is 0.874. The normalized spacial score (nSPS) is 15.8. The van der Waals surface area contributed by atoms with Crippen molar-refractivity contribution in [2.75, 3.05) is 5.73 Å². The smallest absolute Gasteiger partial charge is 0.161 e. The Morgan fingerprint density at radius 2 is 1.74 bits per heavy atom. The van der Waals surface area contributed by atoms with E-state index in [0.29, 0.717) is 11.7 Å². The van der Waals surface area contributed by atoms with E-state index in [1.165, 1.54) is 25.7 Å². The van der Waals surface area contributed by atoms with Crippen molar-refractivity contribution in [3.63, 3.8) is 0 Å². The molecule has 3 nitrogen and oxygen atoms in total. The lowest BCUT2D eigenvalue weighted by molar-refractivity contribution is 0.691. The quantitative estimate of drug-likeness (QED) is 0.905. The van der Waals surface area contributed by atoms with E-state index in [1.54, 1.807) is 0 Å². The second-order valence-electron chi connectivity index (χ2n) is 4.98. The summed E-state index contributed by atoms with van der Waals surface area (Å²) in [6.45, 7) is 0. The maximum Gasteiger partial charge on any atom is 0.161 e. The first kappa shape index (κ1) is 12.6. The zero-order chi connectivity index (χ0) is 13.2. The van der Waals surface area contributed by atoms with E-state index in [0.717, 1.165) is 21.6 Å². The molecule has 4 heteroatoms. The van der Waals surface area contributed by atoms with Gasteiger partial charge in [-0.1, -0.05) is 43.2 Å². The Hall–Kier alpha value is -1.42. The molecule has 2 N–H and O–H groups in total. The maximum absolute atomic E-state index is 6.03. The van der Waals surface area contributed by atoms with Gasteiger partial charge in [-0.05, 0) is 28.8 Å². The lowest BCUT2D eigenvalue weighted by Gasteiger charge is -2.13. The van der Waals surface area contributed by atoms with Gasteiger partial charge in [0.1, 0.15) is 5.82 Å². The predicted octanol–water partition coefficient (Wildman–Crippen LogP) is 4.15. The summed E-state index contributed by atoms with van der Waals surface area (Å²) in [4.78, 5) is 9.14. The molecule has 1 fully saturated rings. The molecular weight excluding hydrogens is 302 g/mol. The first-order chi connectivity index (χ1) is 9.25. The Morgan fingerprint density at radius 1 is 1.05 bits per heavy atom. The molecule has 0 spiro atoms. The van der Waals surface area contributed by atoms with Crippen LogP contribution >= 0.6 is 15.9 Å². The summed E-state index contributed by atoms with van der Waals surface area (Å²) in [5.41, 5.74) is 8.12. The lowest BCUT2D eigenvalue weighted by atomic mass is 10.0. The van der Waals surface area contributed by atoms with Crippen molar-refractivity contribution in [1.29, 1.82) is 0 Å². The average Bonchev–Trinajstić information content (AvgIpc) is 2.96. The largest absolute Gasteiger partial charge is 0.383 e. The molecule has 0 radical (unpaired) electrons. The number of nitrogens with zero attached hydrogens (tertiary/aromatic N) is 2. The highest BCUT2D eigenvalue weighted by atomic mass is 79.9. The van der Waals surface area contributed by atoms with Crippen LogP contribution in [0.15, 0.2) is 34.8 Å². The van der Waals surface area contributed by atoms with Gasteiger partial charge in [-0.15, -0.1) is 0 Å². The van der Waals surface area contributed by atoms with Crippen LogP contribution in [0.3, 0.4) is 0 Å². The molecule has 3 rings (SSSR count). The highest BCUT2D eigenvalue weighted by Gasteiger charge is 2.23. The van der Waals surface area contributed by atoms with E-state index >= 15 is 0 Å². The standard InChI is InChI=1S/C15H16BrN3/c16-12-13(10-6-4-5-7-10)18-15(19-14(12)17)11-8-2-1-3-9-11/h1-3,8-10H,4-7H2,(H2,17,18,19). The molecule has 0 unspecified atom stereocenters. The van der Waals surface area contributed by atoms with Crippen LogP contribution in [0.1, 0.15) is 37.3 Å². The molecule has 0 amide bonds. The Kier molecular flexibility index (Phi) is 3.51. The van der Waals surface area contributed by atoms with E-state index in [1.807, 2.05) is 30.3 Å². The van der Waals surface area contributed by atoms with Gasteiger partial charge in [0.15, 0.2) is 5.82 Å². The minimum Gasteiger partial charge on any atom is -0.383 e. The van der Waals surface area contributed by atoms with Crippen molar-refractivity contribution < 1.29 is 0 Å². The van der Waals surface area contributed by atoms with Gasteiger partial charge < -0.3 is 5.73 Å². The molecule has 0 aliphatic heterocycles. The Bertz CT molecular complexity index is 577. The van der Waals surface area contributed by atoms with Crippen molar-refractivity contribution in [3.05, 3.63) is 40.5 Å². The maximum atomic E-state index is 6.03. The summed E-state index contributed by atoms with van der Waals surface area (Å²) in [7, 11) is 0. The van der Waals surface area contributed by atoms with Gasteiger partial charge in [0.2, 0.25) is 0 Å². The molecule has 1 aromatic carbocycles. The topological polar surface area (TPSA) is 51.8 Å². The van der Waals surface area contributed by atoms with E-state index < -0.39 is 0 Å². The predicted molar refractivity (Wildman–Crippen MR) is 80.8 cm³/mol. The number of hydrogen-bond acceptors (Lipinski definition) is 3. The highest BCUT2D eigenvalue weighted by Crippen LogP contribution is 2.38. The third-order valence-corrected chi connectivity index (χ3v) is 4.49. The fraction of sp³-hybridized carbons (Fsp3) is 0.333. The fourth-order valence-electron chi connectivity index (χ4n) is 2.67. The van der Waals surface area contributed by atoms with Crippen LogP contribution in [0.4, 0.5) is 5.82 Å². The van der Waals surface area contributed by atoms with Crippen molar-refractivity contribution in [2.24, 2.45) is 0 Å². The van der Waals surface area contributed by atoms with Crippen LogP contribution in [0, 0.1) is 0 Å². The van der Waals surface area contributed by atoms with Crippen LogP contribution < -0.4 is 5.73 Å². The molecule has 1 saturated carbocycles. The monoisotopic (exact) mass is 317 g/mol. The summed E-state index contributed by atoms with van der Waals surface area (Å²) in [6, 6.07) is 10.0. The van der Waals surface area contributed by atoms with Crippen molar-refractivity contribution >= 4 is 21.7 Å². The zero-order valence-corrected chi connectivity index (χ0v) is 12.2. The summed E-state index contributed by atoms with van der Waals surface area (Å²) in [5.74, 6) is 1.78. The Balaban J connectivity index is 2.07. The number of nitrogen functional groups attached to an aromatic ring is 1. The zero-order valence-electron chi connectivity index (χ0n) is 10.6. The number of hydrogen-bond donors (Lipinski definition) is 1. The molecule has 2 aromatic rings. The number of benzene rings is 1. The van der Waals surface area contributed by atoms with E-state index in [4.69, 9.17) is 10.7 Å². The van der Waals surface area contributed by atoms with E-state index in [9.17, 15) is 0 Å². The van der Waals surface area contributed by atoms with Gasteiger partial charge in [0, 0.05) is 11.5 Å². The molecule has 0 atom stereocenters. The van der Waals surface area contributed by atoms with Crippen LogP contribution in [0.25, 0.3) is 11.4 Å². The number of halogens is 1. The molecule has 19 heavy (non-hydrogen) atoms. The molecule has 1 aliphatic rings. The van der Waals surface area contributed by atoms with Gasteiger partial charge in [-0.2, -0.15) is 0 Å². The summed E-state index contributed by atoms with van der Waals surface area (Å²) >= 11 is 3.55. The fourth-order valence-corrected chi connectivity index (χ4v) is 3.17. The number of nitrogens with two attached hydrogens (primary N) is 1. The SMILES string of the molecule is Nc1nc(-c2ccccc2)nc(C2CCCC2)c1Br. The minimum atomic E-state index is 0.516. The first-order valence-corrected chi connectivity index (χ1v) is 7.43. The van der Waals surface area contributed by atoms with Gasteiger partial charge in [0.25, 0.3) is 0 Å². The second kappa shape index (κ2) is 5.29. The first-order valence-electron chi connectivity index (χ1n) is 6.64. The average molecular weight is 318 g/mol. The van der Waals surface area contributed by atoms with E-state index in [2.05, 4.69) is 20.9 Å². The highest BCUT2D eigenvalue weighted by molar-refractivity contribution is 9.10. The molecule has 1 heterocycles. The Morgan fingerprint density at radius 3 is 2.42 bits per heavy atom. The van der Waals surface area contributed by atoms with Crippen LogP contribution in [-0.4, -0.2) is 9.97 Å². The number of rotatable bonds is 2. The molecule has 0 saturated heterocycles. The van der Waals surface area contributed by atoms with Gasteiger partial charge in [-0.25, -0.2) is 9.97 Å². The third-order valence-electron chi connectivity index (χ3n) is 3.68. The van der Waals surface area contributed by atoms with Crippen LogP contribution in [0.2, 0.25) is 0 Å². The number of anilines is 1. The van der Waals surface area contributed by atoms with Gasteiger partial charge >= 0.3 is 0 Å². The summed E-state index contributed by atoms with van der Waals surface area (Å²) in [5, 5.41) is 0. The molecular formula is C15H16BrN3. The van der Waals surface area contributed by atoms with Crippen LogP contribution in [-0.2, 0) is 0 Å². The van der Waals surface area contributed by atoms with E-state index in [-0.39, 0.29) is 0 Å². The molecule has 98 valence electrons. The van der Waals surface area contributed by atoms with Gasteiger partial charge in [0.05, 0.1) is 10.2 Å².